The first-order valence-electron chi connectivity index (χ1n) is 5.38. The summed E-state index contributed by atoms with van der Waals surface area (Å²) < 4.78 is 5.50. The Hall–Kier alpha value is -1.48. The quantitative estimate of drug-likeness (QED) is 0.846. The first-order chi connectivity index (χ1) is 8.09. The highest BCUT2D eigenvalue weighted by molar-refractivity contribution is 6.29. The van der Waals surface area contributed by atoms with Gasteiger partial charge in [0.1, 0.15) is 5.75 Å². The fourth-order valence-corrected chi connectivity index (χ4v) is 1.32. The third kappa shape index (κ3) is 5.41. The molecule has 0 heterocycles. The number of hydrogen-bond donors (Lipinski definition) is 1. The summed E-state index contributed by atoms with van der Waals surface area (Å²) in [6.07, 6.45) is 0.304. The van der Waals surface area contributed by atoms with Crippen molar-refractivity contribution >= 4 is 17.5 Å². The molecule has 0 aliphatic heterocycles. The van der Waals surface area contributed by atoms with Crippen LogP contribution in [-0.4, -0.2) is 19.1 Å². The fraction of sp³-hybridized carbons (Fsp3) is 0.308. The molecule has 1 aromatic rings. The molecule has 17 heavy (non-hydrogen) atoms. The Balaban J connectivity index is 2.26. The zero-order chi connectivity index (χ0) is 12.7. The van der Waals surface area contributed by atoms with E-state index in [-0.39, 0.29) is 5.91 Å². The van der Waals surface area contributed by atoms with Gasteiger partial charge in [0.25, 0.3) is 0 Å². The van der Waals surface area contributed by atoms with E-state index in [2.05, 4.69) is 11.9 Å². The van der Waals surface area contributed by atoms with Crippen molar-refractivity contribution in [3.8, 4) is 5.75 Å². The maximum absolute atomic E-state index is 11.3. The summed E-state index contributed by atoms with van der Waals surface area (Å²) in [5.74, 6) is 0.711. The van der Waals surface area contributed by atoms with E-state index in [9.17, 15) is 4.79 Å². The molecule has 3 nitrogen and oxygen atoms in total. The lowest BCUT2D eigenvalue weighted by Gasteiger charge is -2.08. The number of rotatable bonds is 6. The highest BCUT2D eigenvalue weighted by Gasteiger charge is 2.02. The summed E-state index contributed by atoms with van der Waals surface area (Å²) in [4.78, 5) is 11.3. The molecule has 0 saturated carbocycles. The van der Waals surface area contributed by atoms with Gasteiger partial charge in [0.15, 0.2) is 0 Å². The molecular weight excluding hydrogens is 238 g/mol. The molecule has 1 N–H and O–H groups in total. The second-order valence-corrected chi connectivity index (χ2v) is 4.19. The molecule has 0 fully saturated rings. The molecule has 92 valence electrons. The first-order valence-corrected chi connectivity index (χ1v) is 5.76. The number of carbonyl (C=O) groups is 1. The average molecular weight is 254 g/mol. The molecule has 0 aliphatic rings. The number of ether oxygens (including phenoxy) is 1. The van der Waals surface area contributed by atoms with E-state index in [0.717, 1.165) is 11.3 Å². The van der Waals surface area contributed by atoms with Crippen molar-refractivity contribution in [1.29, 1.82) is 0 Å². The zero-order valence-electron chi connectivity index (χ0n) is 9.83. The Morgan fingerprint density at radius 2 is 2.18 bits per heavy atom. The second-order valence-electron chi connectivity index (χ2n) is 3.66. The standard InChI is InChI=1S/C13H16ClNO2/c1-10-5-3-4-6-12(10)17-8-7-13(16)15-9-11(2)14/h3-6H,2,7-9H2,1H3,(H,15,16). The summed E-state index contributed by atoms with van der Waals surface area (Å²) in [5.41, 5.74) is 1.06. The van der Waals surface area contributed by atoms with Crippen molar-refractivity contribution in [2.24, 2.45) is 0 Å². The molecule has 1 rings (SSSR count). The molecule has 0 spiro atoms. The number of halogens is 1. The van der Waals surface area contributed by atoms with Gasteiger partial charge in [-0.15, -0.1) is 0 Å². The Bertz CT molecular complexity index is 404. The van der Waals surface area contributed by atoms with Crippen LogP contribution in [0, 0.1) is 6.92 Å². The molecule has 0 aliphatic carbocycles. The van der Waals surface area contributed by atoms with Gasteiger partial charge in [0.2, 0.25) is 5.91 Å². The molecule has 1 aromatic carbocycles. The highest BCUT2D eigenvalue weighted by Crippen LogP contribution is 2.15. The third-order valence-electron chi connectivity index (χ3n) is 2.16. The van der Waals surface area contributed by atoms with Gasteiger partial charge in [-0.25, -0.2) is 0 Å². The summed E-state index contributed by atoms with van der Waals surface area (Å²) in [5, 5.41) is 3.05. The van der Waals surface area contributed by atoms with Gasteiger partial charge < -0.3 is 10.1 Å². The molecular formula is C13H16ClNO2. The van der Waals surface area contributed by atoms with Gasteiger partial charge in [0, 0.05) is 5.03 Å². The number of benzene rings is 1. The van der Waals surface area contributed by atoms with Gasteiger partial charge in [-0.05, 0) is 18.6 Å². The predicted molar refractivity (Wildman–Crippen MR) is 69.3 cm³/mol. The van der Waals surface area contributed by atoms with Gasteiger partial charge >= 0.3 is 0 Å². The molecule has 0 unspecified atom stereocenters. The van der Waals surface area contributed by atoms with E-state index in [4.69, 9.17) is 16.3 Å². The van der Waals surface area contributed by atoms with E-state index < -0.39 is 0 Å². The number of para-hydroxylation sites is 1. The molecule has 0 atom stereocenters. The summed E-state index contributed by atoms with van der Waals surface area (Å²) >= 11 is 5.53. The molecule has 0 aromatic heterocycles. The minimum absolute atomic E-state index is 0.0969. The van der Waals surface area contributed by atoms with Gasteiger partial charge in [-0.1, -0.05) is 36.4 Å². The topological polar surface area (TPSA) is 38.3 Å². The van der Waals surface area contributed by atoms with Gasteiger partial charge in [0.05, 0.1) is 19.6 Å². The van der Waals surface area contributed by atoms with Crippen molar-refractivity contribution in [3.05, 3.63) is 41.4 Å². The minimum Gasteiger partial charge on any atom is -0.493 e. The SMILES string of the molecule is C=C(Cl)CNC(=O)CCOc1ccccc1C. The largest absolute Gasteiger partial charge is 0.493 e. The monoisotopic (exact) mass is 253 g/mol. The predicted octanol–water partition coefficient (Wildman–Crippen LogP) is 2.63. The molecule has 0 saturated heterocycles. The fourth-order valence-electron chi connectivity index (χ4n) is 1.25. The lowest BCUT2D eigenvalue weighted by Crippen LogP contribution is -2.25. The van der Waals surface area contributed by atoms with Crippen molar-refractivity contribution in [3.63, 3.8) is 0 Å². The van der Waals surface area contributed by atoms with Crippen LogP contribution in [0.15, 0.2) is 35.9 Å². The van der Waals surface area contributed by atoms with Crippen LogP contribution in [-0.2, 0) is 4.79 Å². The Morgan fingerprint density at radius 1 is 1.47 bits per heavy atom. The normalized spacial score (nSPS) is 9.76. The maximum atomic E-state index is 11.3. The van der Waals surface area contributed by atoms with Crippen LogP contribution in [0.5, 0.6) is 5.75 Å². The van der Waals surface area contributed by atoms with E-state index in [0.29, 0.717) is 24.6 Å². The van der Waals surface area contributed by atoms with Crippen LogP contribution in [0.3, 0.4) is 0 Å². The Morgan fingerprint density at radius 3 is 2.82 bits per heavy atom. The van der Waals surface area contributed by atoms with Crippen LogP contribution in [0.2, 0.25) is 0 Å². The van der Waals surface area contributed by atoms with Crippen LogP contribution < -0.4 is 10.1 Å². The van der Waals surface area contributed by atoms with E-state index in [1.165, 1.54) is 0 Å². The number of carbonyl (C=O) groups excluding carboxylic acids is 1. The number of aryl methyl sites for hydroxylation is 1. The van der Waals surface area contributed by atoms with E-state index in [1.807, 2.05) is 31.2 Å². The van der Waals surface area contributed by atoms with Crippen molar-refractivity contribution in [2.45, 2.75) is 13.3 Å². The summed E-state index contributed by atoms with van der Waals surface area (Å²) in [6, 6.07) is 7.70. The average Bonchev–Trinajstić information content (AvgIpc) is 2.29. The van der Waals surface area contributed by atoms with Crippen molar-refractivity contribution in [2.75, 3.05) is 13.2 Å². The Kier molecular flexibility index (Phi) is 5.57. The van der Waals surface area contributed by atoms with E-state index >= 15 is 0 Å². The van der Waals surface area contributed by atoms with Crippen LogP contribution >= 0.6 is 11.6 Å². The van der Waals surface area contributed by atoms with Crippen molar-refractivity contribution in [1.82, 2.24) is 5.32 Å². The van der Waals surface area contributed by atoms with Crippen LogP contribution in [0.1, 0.15) is 12.0 Å². The van der Waals surface area contributed by atoms with Crippen LogP contribution in [0.4, 0.5) is 0 Å². The number of hydrogen-bond acceptors (Lipinski definition) is 2. The first kappa shape index (κ1) is 13.6. The highest BCUT2D eigenvalue weighted by atomic mass is 35.5. The molecule has 4 heteroatoms. The molecule has 1 amide bonds. The maximum Gasteiger partial charge on any atom is 0.223 e. The third-order valence-corrected chi connectivity index (χ3v) is 2.29. The Labute approximate surface area is 106 Å². The van der Waals surface area contributed by atoms with Gasteiger partial charge in [-0.3, -0.25) is 4.79 Å². The number of nitrogens with one attached hydrogen (secondary N) is 1. The van der Waals surface area contributed by atoms with Crippen molar-refractivity contribution < 1.29 is 9.53 Å². The lowest BCUT2D eigenvalue weighted by atomic mass is 10.2. The minimum atomic E-state index is -0.0969. The number of amides is 1. The lowest BCUT2D eigenvalue weighted by molar-refractivity contribution is -0.121. The molecule has 0 radical (unpaired) electrons. The molecule has 0 bridgehead atoms. The smallest absolute Gasteiger partial charge is 0.223 e. The second kappa shape index (κ2) is 6.97. The summed E-state index contributed by atoms with van der Waals surface area (Å²) in [6.45, 7) is 6.10. The zero-order valence-corrected chi connectivity index (χ0v) is 10.6. The van der Waals surface area contributed by atoms with Crippen LogP contribution in [0.25, 0.3) is 0 Å². The summed E-state index contributed by atoms with van der Waals surface area (Å²) in [7, 11) is 0. The van der Waals surface area contributed by atoms with E-state index in [1.54, 1.807) is 0 Å². The van der Waals surface area contributed by atoms with Gasteiger partial charge in [-0.2, -0.15) is 0 Å².